The predicted molar refractivity (Wildman–Crippen MR) is 80.2 cm³/mol. The van der Waals surface area contributed by atoms with E-state index in [0.717, 1.165) is 30.9 Å². The van der Waals surface area contributed by atoms with E-state index in [2.05, 4.69) is 60.3 Å². The fourth-order valence-corrected chi connectivity index (χ4v) is 2.04. The minimum absolute atomic E-state index is 0.524. The van der Waals surface area contributed by atoms with Gasteiger partial charge in [-0.3, -0.25) is 0 Å². The average Bonchev–Trinajstić information content (AvgIpc) is 2.87. The molecule has 1 aromatic heterocycles. The molecule has 1 heterocycles. The van der Waals surface area contributed by atoms with Crippen molar-refractivity contribution in [1.29, 1.82) is 0 Å². The first-order valence-corrected chi connectivity index (χ1v) is 7.05. The zero-order valence-electron chi connectivity index (χ0n) is 12.0. The molecule has 0 radical (unpaired) electrons. The maximum Gasteiger partial charge on any atom is 0.107 e. The van der Waals surface area contributed by atoms with E-state index in [0.29, 0.717) is 6.04 Å². The Labute approximate surface area is 115 Å². The lowest BCUT2D eigenvalue weighted by Crippen LogP contribution is -2.25. The number of nitrogens with one attached hydrogen (secondary N) is 2. The second kappa shape index (κ2) is 6.53. The van der Waals surface area contributed by atoms with E-state index < -0.39 is 0 Å². The van der Waals surface area contributed by atoms with Gasteiger partial charge in [0.2, 0.25) is 0 Å². The molecule has 102 valence electrons. The van der Waals surface area contributed by atoms with Crippen molar-refractivity contribution in [2.75, 3.05) is 6.54 Å². The molecule has 3 heteroatoms. The number of hydrogen-bond acceptors (Lipinski definition) is 2. The van der Waals surface area contributed by atoms with Crippen molar-refractivity contribution >= 4 is 0 Å². The van der Waals surface area contributed by atoms with Gasteiger partial charge in [-0.05, 0) is 17.5 Å². The van der Waals surface area contributed by atoms with Crippen LogP contribution in [0, 0.1) is 0 Å². The van der Waals surface area contributed by atoms with E-state index >= 15 is 0 Å². The Morgan fingerprint density at radius 1 is 1.21 bits per heavy atom. The highest BCUT2D eigenvalue weighted by molar-refractivity contribution is 5.58. The Hall–Kier alpha value is -1.61. The second-order valence-electron chi connectivity index (χ2n) is 5.15. The lowest BCUT2D eigenvalue weighted by molar-refractivity contribution is 0.584. The Bertz CT molecular complexity index is 497. The Morgan fingerprint density at radius 2 is 1.95 bits per heavy atom. The largest absolute Gasteiger partial charge is 0.342 e. The highest BCUT2D eigenvalue weighted by Gasteiger charge is 2.03. The number of aryl methyl sites for hydroxylation is 1. The molecule has 2 aromatic rings. The van der Waals surface area contributed by atoms with Crippen LogP contribution in [0.3, 0.4) is 0 Å². The number of nitrogens with zero attached hydrogens (tertiary/aromatic N) is 1. The molecule has 0 spiro atoms. The van der Waals surface area contributed by atoms with Crippen LogP contribution in [0.4, 0.5) is 0 Å². The first-order valence-electron chi connectivity index (χ1n) is 7.05. The first-order chi connectivity index (χ1) is 9.19. The van der Waals surface area contributed by atoms with Crippen LogP contribution in [0.2, 0.25) is 0 Å². The smallest absolute Gasteiger partial charge is 0.107 e. The van der Waals surface area contributed by atoms with E-state index in [-0.39, 0.29) is 0 Å². The van der Waals surface area contributed by atoms with Gasteiger partial charge in [-0.15, -0.1) is 0 Å². The van der Waals surface area contributed by atoms with Crippen molar-refractivity contribution in [3.63, 3.8) is 0 Å². The third kappa shape index (κ3) is 3.93. The van der Waals surface area contributed by atoms with Gasteiger partial charge in [-0.1, -0.05) is 45.0 Å². The van der Waals surface area contributed by atoms with Crippen LogP contribution in [0.25, 0.3) is 11.3 Å². The van der Waals surface area contributed by atoms with Gasteiger partial charge in [-0.2, -0.15) is 0 Å². The third-order valence-corrected chi connectivity index (χ3v) is 3.22. The summed E-state index contributed by atoms with van der Waals surface area (Å²) in [7, 11) is 0. The normalized spacial score (nSPS) is 11.2. The maximum atomic E-state index is 4.44. The number of benzene rings is 1. The van der Waals surface area contributed by atoms with Gasteiger partial charge < -0.3 is 10.3 Å². The van der Waals surface area contributed by atoms with Crippen LogP contribution >= 0.6 is 0 Å². The van der Waals surface area contributed by atoms with Crippen molar-refractivity contribution < 1.29 is 0 Å². The lowest BCUT2D eigenvalue weighted by atomic mass is 10.1. The van der Waals surface area contributed by atoms with Crippen LogP contribution in [0.1, 0.15) is 32.2 Å². The first kappa shape index (κ1) is 13.8. The fourth-order valence-electron chi connectivity index (χ4n) is 2.04. The SMILES string of the molecule is CCc1ccc(-c2cnc(CCNC(C)C)[nH]2)cc1. The van der Waals surface area contributed by atoms with Crippen LogP contribution < -0.4 is 5.32 Å². The minimum atomic E-state index is 0.524. The number of aromatic amines is 1. The van der Waals surface area contributed by atoms with Crippen molar-refractivity contribution in [3.05, 3.63) is 41.9 Å². The van der Waals surface area contributed by atoms with Crippen LogP contribution in [-0.4, -0.2) is 22.6 Å². The summed E-state index contributed by atoms with van der Waals surface area (Å²) >= 11 is 0. The Morgan fingerprint density at radius 3 is 2.58 bits per heavy atom. The van der Waals surface area contributed by atoms with Gasteiger partial charge in [0.15, 0.2) is 0 Å². The molecule has 1 aromatic carbocycles. The Kier molecular flexibility index (Phi) is 4.74. The summed E-state index contributed by atoms with van der Waals surface area (Å²) in [4.78, 5) is 7.83. The number of hydrogen-bond donors (Lipinski definition) is 2. The minimum Gasteiger partial charge on any atom is -0.342 e. The molecule has 19 heavy (non-hydrogen) atoms. The number of aromatic nitrogens is 2. The molecular weight excluding hydrogens is 234 g/mol. The monoisotopic (exact) mass is 257 g/mol. The van der Waals surface area contributed by atoms with E-state index in [9.17, 15) is 0 Å². The van der Waals surface area contributed by atoms with Gasteiger partial charge in [0.25, 0.3) is 0 Å². The molecule has 0 unspecified atom stereocenters. The van der Waals surface area contributed by atoms with E-state index in [1.807, 2.05) is 6.20 Å². The topological polar surface area (TPSA) is 40.7 Å². The summed E-state index contributed by atoms with van der Waals surface area (Å²) in [6.07, 6.45) is 3.94. The van der Waals surface area contributed by atoms with Gasteiger partial charge >= 0.3 is 0 Å². The van der Waals surface area contributed by atoms with Crippen molar-refractivity contribution in [1.82, 2.24) is 15.3 Å². The number of rotatable bonds is 6. The lowest BCUT2D eigenvalue weighted by Gasteiger charge is -2.05. The maximum absolute atomic E-state index is 4.44. The molecular formula is C16H23N3. The highest BCUT2D eigenvalue weighted by atomic mass is 14.9. The molecule has 0 saturated heterocycles. The molecule has 0 aliphatic rings. The van der Waals surface area contributed by atoms with Crippen molar-refractivity contribution in [2.24, 2.45) is 0 Å². The van der Waals surface area contributed by atoms with Gasteiger partial charge in [0, 0.05) is 19.0 Å². The van der Waals surface area contributed by atoms with E-state index in [4.69, 9.17) is 0 Å². The molecule has 0 fully saturated rings. The fraction of sp³-hybridized carbons (Fsp3) is 0.438. The summed E-state index contributed by atoms with van der Waals surface area (Å²) in [5.74, 6) is 1.04. The van der Waals surface area contributed by atoms with E-state index in [1.54, 1.807) is 0 Å². The van der Waals surface area contributed by atoms with Crippen LogP contribution in [-0.2, 0) is 12.8 Å². The predicted octanol–water partition coefficient (Wildman–Crippen LogP) is 3.18. The quantitative estimate of drug-likeness (QED) is 0.834. The number of imidazole rings is 1. The van der Waals surface area contributed by atoms with Crippen molar-refractivity contribution in [3.8, 4) is 11.3 Å². The van der Waals surface area contributed by atoms with Gasteiger partial charge in [-0.25, -0.2) is 4.98 Å². The molecule has 0 bridgehead atoms. The molecule has 0 atom stereocenters. The third-order valence-electron chi connectivity index (χ3n) is 3.22. The average molecular weight is 257 g/mol. The molecule has 2 rings (SSSR count). The van der Waals surface area contributed by atoms with Crippen LogP contribution in [0.15, 0.2) is 30.5 Å². The van der Waals surface area contributed by atoms with Gasteiger partial charge in [0.05, 0.1) is 11.9 Å². The zero-order chi connectivity index (χ0) is 13.7. The number of H-pyrrole nitrogens is 1. The Balaban J connectivity index is 1.99. The van der Waals surface area contributed by atoms with Crippen LogP contribution in [0.5, 0.6) is 0 Å². The zero-order valence-corrected chi connectivity index (χ0v) is 12.0. The molecule has 2 N–H and O–H groups in total. The molecule has 0 amide bonds. The second-order valence-corrected chi connectivity index (χ2v) is 5.15. The van der Waals surface area contributed by atoms with Crippen molar-refractivity contribution in [2.45, 2.75) is 39.7 Å². The molecule has 0 saturated carbocycles. The highest BCUT2D eigenvalue weighted by Crippen LogP contribution is 2.18. The summed E-state index contributed by atoms with van der Waals surface area (Å²) in [6, 6.07) is 9.19. The summed E-state index contributed by atoms with van der Waals surface area (Å²) in [5, 5.41) is 3.40. The molecule has 3 nitrogen and oxygen atoms in total. The summed E-state index contributed by atoms with van der Waals surface area (Å²) in [6.45, 7) is 7.44. The summed E-state index contributed by atoms with van der Waals surface area (Å²) < 4.78 is 0. The molecule has 0 aliphatic carbocycles. The van der Waals surface area contributed by atoms with E-state index in [1.165, 1.54) is 11.1 Å². The van der Waals surface area contributed by atoms with Gasteiger partial charge in [0.1, 0.15) is 5.82 Å². The standard InChI is InChI=1S/C16H23N3/c1-4-13-5-7-14(8-6-13)15-11-18-16(19-15)9-10-17-12(2)3/h5-8,11-12,17H,4,9-10H2,1-3H3,(H,18,19). The summed E-state index contributed by atoms with van der Waals surface area (Å²) in [5.41, 5.74) is 3.67. The molecule has 0 aliphatic heterocycles.